The van der Waals surface area contributed by atoms with Crippen LogP contribution in [0.1, 0.15) is 13.3 Å². The van der Waals surface area contributed by atoms with Crippen LogP contribution >= 0.6 is 0 Å². The van der Waals surface area contributed by atoms with E-state index in [1.54, 1.807) is 0 Å². The van der Waals surface area contributed by atoms with Crippen molar-refractivity contribution in [3.63, 3.8) is 0 Å². The van der Waals surface area contributed by atoms with E-state index in [-0.39, 0.29) is 23.8 Å². The molecular formula is C11H15F2N3O. The van der Waals surface area contributed by atoms with Gasteiger partial charge in [-0.3, -0.25) is 4.79 Å². The lowest BCUT2D eigenvalue weighted by molar-refractivity contribution is -0.119. The van der Waals surface area contributed by atoms with Crippen molar-refractivity contribution in [3.8, 4) is 0 Å². The van der Waals surface area contributed by atoms with E-state index in [9.17, 15) is 13.6 Å². The highest BCUT2D eigenvalue weighted by Gasteiger charge is 2.09. The van der Waals surface area contributed by atoms with Crippen molar-refractivity contribution in [3.05, 3.63) is 23.8 Å². The summed E-state index contributed by atoms with van der Waals surface area (Å²) in [4.78, 5) is 11.3. The predicted octanol–water partition coefficient (Wildman–Crippen LogP) is 1.49. The van der Waals surface area contributed by atoms with E-state index in [4.69, 9.17) is 5.73 Å². The number of halogens is 2. The van der Waals surface area contributed by atoms with Gasteiger partial charge >= 0.3 is 0 Å². The van der Waals surface area contributed by atoms with Crippen molar-refractivity contribution in [2.24, 2.45) is 0 Å². The van der Waals surface area contributed by atoms with Gasteiger partial charge in [0.25, 0.3) is 0 Å². The summed E-state index contributed by atoms with van der Waals surface area (Å²) < 4.78 is 26.0. The average Bonchev–Trinajstić information content (AvgIpc) is 2.29. The van der Waals surface area contributed by atoms with Gasteiger partial charge in [0.15, 0.2) is 5.82 Å². The fraction of sp³-hybridized carbons (Fsp3) is 0.364. The molecule has 0 unspecified atom stereocenters. The quantitative estimate of drug-likeness (QED) is 0.686. The summed E-state index contributed by atoms with van der Waals surface area (Å²) in [5.74, 6) is -1.84. The van der Waals surface area contributed by atoms with Gasteiger partial charge in [-0.2, -0.15) is 0 Å². The lowest BCUT2D eigenvalue weighted by atomic mass is 10.2. The number of hydrogen-bond acceptors (Lipinski definition) is 3. The van der Waals surface area contributed by atoms with Crippen LogP contribution < -0.4 is 16.4 Å². The highest BCUT2D eigenvalue weighted by molar-refractivity contribution is 5.82. The van der Waals surface area contributed by atoms with Crippen LogP contribution in [-0.4, -0.2) is 19.0 Å². The van der Waals surface area contributed by atoms with Crippen LogP contribution in [0.4, 0.5) is 20.2 Å². The number of carbonyl (C=O) groups is 1. The topological polar surface area (TPSA) is 67.2 Å². The van der Waals surface area contributed by atoms with Gasteiger partial charge in [-0.05, 0) is 12.5 Å². The third kappa shape index (κ3) is 3.90. The van der Waals surface area contributed by atoms with Crippen LogP contribution in [0.15, 0.2) is 12.1 Å². The molecule has 0 radical (unpaired) electrons. The number of nitrogen functional groups attached to an aromatic ring is 1. The molecule has 1 aromatic rings. The second kappa shape index (κ2) is 6.03. The van der Waals surface area contributed by atoms with Crippen LogP contribution in [0.5, 0.6) is 0 Å². The van der Waals surface area contributed by atoms with Crippen LogP contribution in [0, 0.1) is 11.6 Å². The summed E-state index contributed by atoms with van der Waals surface area (Å²) in [6.07, 6.45) is 0.822. The molecule has 0 atom stereocenters. The summed E-state index contributed by atoms with van der Waals surface area (Å²) in [6.45, 7) is 2.41. The molecule has 0 aliphatic carbocycles. The highest BCUT2D eigenvalue weighted by Crippen LogP contribution is 2.22. The smallest absolute Gasteiger partial charge is 0.239 e. The predicted molar refractivity (Wildman–Crippen MR) is 62.6 cm³/mol. The number of carbonyl (C=O) groups excluding carboxylic acids is 1. The molecule has 4 N–H and O–H groups in total. The van der Waals surface area contributed by atoms with Gasteiger partial charge in [-0.25, -0.2) is 8.78 Å². The number of amides is 1. The molecule has 0 heterocycles. The van der Waals surface area contributed by atoms with Gasteiger partial charge in [0, 0.05) is 12.6 Å². The Bertz CT molecular complexity index is 410. The van der Waals surface area contributed by atoms with Crippen molar-refractivity contribution in [1.29, 1.82) is 0 Å². The Labute approximate surface area is 98.2 Å². The summed E-state index contributed by atoms with van der Waals surface area (Å²) >= 11 is 0. The van der Waals surface area contributed by atoms with Crippen LogP contribution in [-0.2, 0) is 4.79 Å². The lowest BCUT2D eigenvalue weighted by Crippen LogP contribution is -2.30. The Hall–Kier alpha value is -1.85. The average molecular weight is 243 g/mol. The van der Waals surface area contributed by atoms with E-state index in [1.165, 1.54) is 0 Å². The van der Waals surface area contributed by atoms with Crippen molar-refractivity contribution in [2.75, 3.05) is 24.1 Å². The maximum atomic E-state index is 13.1. The molecule has 0 saturated carbocycles. The molecule has 0 aliphatic heterocycles. The molecule has 0 saturated heterocycles. The SMILES string of the molecule is CCCNC(=O)CNc1cc(F)cc(F)c1N. The first-order chi connectivity index (χ1) is 8.04. The zero-order valence-corrected chi connectivity index (χ0v) is 9.52. The van der Waals surface area contributed by atoms with Crippen molar-refractivity contribution < 1.29 is 13.6 Å². The fourth-order valence-corrected chi connectivity index (χ4v) is 1.23. The zero-order valence-electron chi connectivity index (χ0n) is 9.52. The first kappa shape index (κ1) is 13.2. The summed E-state index contributed by atoms with van der Waals surface area (Å²) in [7, 11) is 0. The Kier molecular flexibility index (Phi) is 4.68. The van der Waals surface area contributed by atoms with E-state index < -0.39 is 11.6 Å². The van der Waals surface area contributed by atoms with Gasteiger partial charge in [0.1, 0.15) is 5.82 Å². The first-order valence-corrected chi connectivity index (χ1v) is 5.29. The van der Waals surface area contributed by atoms with Crippen LogP contribution in [0.2, 0.25) is 0 Å². The first-order valence-electron chi connectivity index (χ1n) is 5.29. The summed E-state index contributed by atoms with van der Waals surface area (Å²) in [5.41, 5.74) is 5.28. The number of hydrogen-bond donors (Lipinski definition) is 3. The number of nitrogens with one attached hydrogen (secondary N) is 2. The van der Waals surface area contributed by atoms with Crippen molar-refractivity contribution in [2.45, 2.75) is 13.3 Å². The van der Waals surface area contributed by atoms with E-state index in [0.29, 0.717) is 12.6 Å². The number of anilines is 2. The molecule has 0 aliphatic rings. The van der Waals surface area contributed by atoms with Crippen molar-refractivity contribution >= 4 is 17.3 Å². The Morgan fingerprint density at radius 3 is 2.76 bits per heavy atom. The molecule has 17 heavy (non-hydrogen) atoms. The Morgan fingerprint density at radius 1 is 1.41 bits per heavy atom. The van der Waals surface area contributed by atoms with Crippen LogP contribution in [0.25, 0.3) is 0 Å². The second-order valence-corrected chi connectivity index (χ2v) is 3.55. The van der Waals surface area contributed by atoms with E-state index in [0.717, 1.165) is 12.5 Å². The molecule has 1 aromatic carbocycles. The Balaban J connectivity index is 2.60. The van der Waals surface area contributed by atoms with Gasteiger partial charge in [0.05, 0.1) is 17.9 Å². The third-order valence-corrected chi connectivity index (χ3v) is 2.11. The fourth-order valence-electron chi connectivity index (χ4n) is 1.23. The molecule has 1 amide bonds. The van der Waals surface area contributed by atoms with E-state index in [1.807, 2.05) is 6.92 Å². The minimum Gasteiger partial charge on any atom is -0.395 e. The summed E-state index contributed by atoms with van der Waals surface area (Å²) in [6, 6.07) is 1.74. The van der Waals surface area contributed by atoms with Crippen molar-refractivity contribution in [1.82, 2.24) is 5.32 Å². The van der Waals surface area contributed by atoms with Gasteiger partial charge in [0.2, 0.25) is 5.91 Å². The maximum Gasteiger partial charge on any atom is 0.239 e. The van der Waals surface area contributed by atoms with Gasteiger partial charge in [-0.15, -0.1) is 0 Å². The molecule has 0 spiro atoms. The maximum absolute atomic E-state index is 13.1. The minimum absolute atomic E-state index is 0.0763. The molecule has 0 bridgehead atoms. The molecule has 6 heteroatoms. The molecular weight excluding hydrogens is 228 g/mol. The molecule has 0 fully saturated rings. The zero-order chi connectivity index (χ0) is 12.8. The largest absolute Gasteiger partial charge is 0.395 e. The highest BCUT2D eigenvalue weighted by atomic mass is 19.1. The normalized spacial score (nSPS) is 10.1. The standard InChI is InChI=1S/C11H15F2N3O/c1-2-3-15-10(17)6-16-9-5-7(12)4-8(13)11(9)14/h4-5,16H,2-3,6,14H2,1H3,(H,15,17). The molecule has 94 valence electrons. The minimum atomic E-state index is -0.846. The number of benzene rings is 1. The van der Waals surface area contributed by atoms with Gasteiger partial charge in [-0.1, -0.05) is 6.92 Å². The second-order valence-electron chi connectivity index (χ2n) is 3.55. The monoisotopic (exact) mass is 243 g/mol. The molecule has 0 aromatic heterocycles. The molecule has 4 nitrogen and oxygen atoms in total. The Morgan fingerprint density at radius 2 is 2.12 bits per heavy atom. The van der Waals surface area contributed by atoms with Gasteiger partial charge < -0.3 is 16.4 Å². The lowest BCUT2D eigenvalue weighted by Gasteiger charge is -2.10. The number of rotatable bonds is 5. The third-order valence-electron chi connectivity index (χ3n) is 2.11. The van der Waals surface area contributed by atoms with E-state index in [2.05, 4.69) is 10.6 Å². The molecule has 1 rings (SSSR count). The number of nitrogens with two attached hydrogens (primary N) is 1. The van der Waals surface area contributed by atoms with Crippen LogP contribution in [0.3, 0.4) is 0 Å². The van der Waals surface area contributed by atoms with E-state index >= 15 is 0 Å². The summed E-state index contributed by atoms with van der Waals surface area (Å²) in [5, 5.41) is 5.21.